The molecule has 2 heterocycles. The lowest BCUT2D eigenvalue weighted by Gasteiger charge is -2.36. The van der Waals surface area contributed by atoms with Crippen molar-refractivity contribution in [2.24, 2.45) is 0 Å². The summed E-state index contributed by atoms with van der Waals surface area (Å²) in [5.74, 6) is -0.249. The minimum Gasteiger partial charge on any atom is -0.355 e. The summed E-state index contributed by atoms with van der Waals surface area (Å²) in [7, 11) is -2.28. The standard InChI is InChI=1S/C15H27N5O3S/c1-5-7-8-16-15(21)14-9-13(18-24(22,23)19(14)4)12-10-20(6-2)17-11(12)3/h10,13-14,18H,5-9H2,1-4H3,(H,16,21)/t13-,14+/m0/s1. The van der Waals surface area contributed by atoms with E-state index in [0.29, 0.717) is 19.5 Å². The van der Waals surface area contributed by atoms with Crippen LogP contribution in [0.25, 0.3) is 0 Å². The molecule has 0 spiro atoms. The molecule has 24 heavy (non-hydrogen) atoms. The van der Waals surface area contributed by atoms with Gasteiger partial charge in [0.1, 0.15) is 6.04 Å². The molecule has 0 bridgehead atoms. The largest absolute Gasteiger partial charge is 0.355 e. The Morgan fingerprint density at radius 2 is 2.17 bits per heavy atom. The van der Waals surface area contributed by atoms with E-state index < -0.39 is 22.3 Å². The van der Waals surface area contributed by atoms with E-state index in [1.807, 2.05) is 27.0 Å². The van der Waals surface area contributed by atoms with Gasteiger partial charge in [0, 0.05) is 31.9 Å². The SMILES string of the molecule is CCCCNC(=O)[C@H]1C[C@@H](c2cn(CC)nc2C)NS(=O)(=O)N1C. The average Bonchev–Trinajstić information content (AvgIpc) is 2.91. The first kappa shape index (κ1) is 18.9. The van der Waals surface area contributed by atoms with Crippen LogP contribution in [0.5, 0.6) is 0 Å². The molecule has 1 aromatic heterocycles. The quantitative estimate of drug-likeness (QED) is 0.733. The molecule has 1 aliphatic heterocycles. The molecule has 136 valence electrons. The average molecular weight is 357 g/mol. The topological polar surface area (TPSA) is 96.3 Å². The Morgan fingerprint density at radius 1 is 1.46 bits per heavy atom. The Morgan fingerprint density at radius 3 is 2.75 bits per heavy atom. The summed E-state index contributed by atoms with van der Waals surface area (Å²) in [5, 5.41) is 7.20. The first-order chi connectivity index (χ1) is 11.3. The number of carbonyl (C=O) groups is 1. The smallest absolute Gasteiger partial charge is 0.280 e. The maximum Gasteiger partial charge on any atom is 0.280 e. The second kappa shape index (κ2) is 7.62. The highest BCUT2D eigenvalue weighted by Crippen LogP contribution is 2.29. The molecule has 0 aliphatic carbocycles. The summed E-state index contributed by atoms with van der Waals surface area (Å²) in [6.45, 7) is 7.13. The van der Waals surface area contributed by atoms with Gasteiger partial charge in [-0.3, -0.25) is 9.48 Å². The zero-order chi connectivity index (χ0) is 17.9. The fourth-order valence-corrected chi connectivity index (χ4v) is 4.12. The van der Waals surface area contributed by atoms with Crippen molar-refractivity contribution in [2.75, 3.05) is 13.6 Å². The van der Waals surface area contributed by atoms with Gasteiger partial charge in [0.15, 0.2) is 0 Å². The van der Waals surface area contributed by atoms with Gasteiger partial charge in [-0.05, 0) is 26.7 Å². The number of nitrogens with one attached hydrogen (secondary N) is 2. The predicted octanol–water partition coefficient (Wildman–Crippen LogP) is 0.707. The van der Waals surface area contributed by atoms with Crippen molar-refractivity contribution < 1.29 is 13.2 Å². The summed E-state index contributed by atoms with van der Waals surface area (Å²) in [4.78, 5) is 12.4. The van der Waals surface area contributed by atoms with Gasteiger partial charge in [0.05, 0.1) is 11.7 Å². The van der Waals surface area contributed by atoms with E-state index in [9.17, 15) is 13.2 Å². The third-order valence-electron chi connectivity index (χ3n) is 4.38. The number of likely N-dealkylation sites (N-methyl/N-ethyl adjacent to an activating group) is 1. The van der Waals surface area contributed by atoms with E-state index in [4.69, 9.17) is 0 Å². The van der Waals surface area contributed by atoms with Gasteiger partial charge in [-0.15, -0.1) is 0 Å². The minimum atomic E-state index is -3.71. The van der Waals surface area contributed by atoms with Crippen LogP contribution in [-0.4, -0.2) is 48.0 Å². The van der Waals surface area contributed by atoms with Gasteiger partial charge >= 0.3 is 0 Å². The van der Waals surface area contributed by atoms with Crippen molar-refractivity contribution in [2.45, 2.75) is 58.7 Å². The van der Waals surface area contributed by atoms with Gasteiger partial charge < -0.3 is 5.32 Å². The molecule has 1 aliphatic rings. The number of hydrogen-bond donors (Lipinski definition) is 2. The van der Waals surface area contributed by atoms with Crippen LogP contribution in [0.2, 0.25) is 0 Å². The van der Waals surface area contributed by atoms with Crippen LogP contribution in [0, 0.1) is 6.92 Å². The van der Waals surface area contributed by atoms with E-state index in [2.05, 4.69) is 15.1 Å². The molecule has 0 unspecified atom stereocenters. The Balaban J connectivity index is 2.22. The number of amides is 1. The zero-order valence-electron chi connectivity index (χ0n) is 14.7. The van der Waals surface area contributed by atoms with Crippen LogP contribution >= 0.6 is 0 Å². The summed E-state index contributed by atoms with van der Waals surface area (Å²) < 4.78 is 30.4. The van der Waals surface area contributed by atoms with E-state index in [-0.39, 0.29) is 5.91 Å². The highest BCUT2D eigenvalue weighted by atomic mass is 32.2. The molecular weight excluding hydrogens is 330 g/mol. The fourth-order valence-electron chi connectivity index (χ4n) is 2.86. The van der Waals surface area contributed by atoms with Crippen molar-refractivity contribution in [1.82, 2.24) is 24.1 Å². The molecule has 0 radical (unpaired) electrons. The highest BCUT2D eigenvalue weighted by molar-refractivity contribution is 7.87. The molecule has 9 heteroatoms. The van der Waals surface area contributed by atoms with Gasteiger partial charge in [-0.1, -0.05) is 13.3 Å². The highest BCUT2D eigenvalue weighted by Gasteiger charge is 2.41. The lowest BCUT2D eigenvalue weighted by Crippen LogP contribution is -2.57. The Hall–Kier alpha value is -1.45. The molecule has 1 fully saturated rings. The molecular formula is C15H27N5O3S. The van der Waals surface area contributed by atoms with Crippen molar-refractivity contribution in [3.63, 3.8) is 0 Å². The first-order valence-electron chi connectivity index (χ1n) is 8.37. The minimum absolute atomic E-state index is 0.249. The molecule has 1 amide bonds. The Labute approximate surface area is 143 Å². The normalized spacial score (nSPS) is 24.0. The first-order valence-corrected chi connectivity index (χ1v) is 9.81. The Kier molecular flexibility index (Phi) is 6.00. The van der Waals surface area contributed by atoms with Crippen LogP contribution in [0.3, 0.4) is 0 Å². The number of rotatable bonds is 6. The summed E-state index contributed by atoms with van der Waals surface area (Å²) in [6.07, 6.45) is 4.07. The number of aryl methyl sites for hydroxylation is 2. The van der Waals surface area contributed by atoms with E-state index in [1.165, 1.54) is 7.05 Å². The van der Waals surface area contributed by atoms with Crippen LogP contribution in [0.1, 0.15) is 50.4 Å². The molecule has 0 saturated carbocycles. The second-order valence-corrected chi connectivity index (χ2v) is 7.88. The van der Waals surface area contributed by atoms with E-state index in [0.717, 1.165) is 28.4 Å². The number of unbranched alkanes of at least 4 members (excludes halogenated alkanes) is 1. The summed E-state index contributed by atoms with van der Waals surface area (Å²) >= 11 is 0. The maximum atomic E-state index is 12.4. The number of nitrogens with zero attached hydrogens (tertiary/aromatic N) is 3. The van der Waals surface area contributed by atoms with Gasteiger partial charge in [0.25, 0.3) is 10.2 Å². The van der Waals surface area contributed by atoms with Crippen molar-refractivity contribution in [3.05, 3.63) is 17.5 Å². The lowest BCUT2D eigenvalue weighted by molar-refractivity contribution is -0.125. The lowest BCUT2D eigenvalue weighted by atomic mass is 10.00. The van der Waals surface area contributed by atoms with Crippen LogP contribution < -0.4 is 10.0 Å². The van der Waals surface area contributed by atoms with E-state index in [1.54, 1.807) is 4.68 Å². The monoisotopic (exact) mass is 357 g/mol. The Bertz CT molecular complexity index is 685. The summed E-state index contributed by atoms with van der Waals surface area (Å²) in [5.41, 5.74) is 1.60. The van der Waals surface area contributed by atoms with E-state index >= 15 is 0 Å². The number of aromatic nitrogens is 2. The second-order valence-electron chi connectivity index (χ2n) is 6.11. The molecule has 0 aromatic carbocycles. The van der Waals surface area contributed by atoms with Crippen LogP contribution in [0.4, 0.5) is 0 Å². The van der Waals surface area contributed by atoms with Gasteiger partial charge in [-0.2, -0.15) is 22.5 Å². The fraction of sp³-hybridized carbons (Fsp3) is 0.733. The molecule has 2 atom stereocenters. The third kappa shape index (κ3) is 3.96. The molecule has 1 aromatic rings. The van der Waals surface area contributed by atoms with Crippen molar-refractivity contribution in [3.8, 4) is 0 Å². The molecule has 2 N–H and O–H groups in total. The summed E-state index contributed by atoms with van der Waals surface area (Å²) in [6, 6.07) is -1.17. The molecule has 8 nitrogen and oxygen atoms in total. The van der Waals surface area contributed by atoms with Gasteiger partial charge in [-0.25, -0.2) is 0 Å². The number of hydrogen-bond acceptors (Lipinski definition) is 4. The maximum absolute atomic E-state index is 12.4. The molecule has 2 rings (SSSR count). The van der Waals surface area contributed by atoms with Gasteiger partial charge in [0.2, 0.25) is 5.91 Å². The van der Waals surface area contributed by atoms with Crippen molar-refractivity contribution in [1.29, 1.82) is 0 Å². The third-order valence-corrected chi connectivity index (χ3v) is 5.98. The van der Waals surface area contributed by atoms with Crippen molar-refractivity contribution >= 4 is 16.1 Å². The predicted molar refractivity (Wildman–Crippen MR) is 91.5 cm³/mol. The zero-order valence-corrected chi connectivity index (χ0v) is 15.6. The molecule has 1 saturated heterocycles. The van der Waals surface area contributed by atoms with Crippen LogP contribution in [-0.2, 0) is 21.5 Å². The number of carbonyl (C=O) groups excluding carboxylic acids is 1. The van der Waals surface area contributed by atoms with Crippen LogP contribution in [0.15, 0.2) is 6.20 Å².